The number of β-amino-alcohol motifs (C(OH)–C–C–N with tert-alkyl or cyclic N) is 1. The highest BCUT2D eigenvalue weighted by atomic mass is 32.2. The fourth-order valence-electron chi connectivity index (χ4n) is 3.18. The van der Waals surface area contributed by atoms with Gasteiger partial charge in [0.25, 0.3) is 0 Å². The Morgan fingerprint density at radius 1 is 1.11 bits per heavy atom. The lowest BCUT2D eigenvalue weighted by Crippen LogP contribution is -2.44. The van der Waals surface area contributed by atoms with E-state index in [-0.39, 0.29) is 29.3 Å². The van der Waals surface area contributed by atoms with Gasteiger partial charge in [0.05, 0.1) is 22.7 Å². The Morgan fingerprint density at radius 2 is 1.64 bits per heavy atom. The molecule has 1 aromatic carbocycles. The van der Waals surface area contributed by atoms with E-state index in [0.717, 1.165) is 5.46 Å². The first-order valence-electron chi connectivity index (χ1n) is 9.67. The Hall–Kier alpha value is -1.13. The zero-order chi connectivity index (χ0) is 20.6. The van der Waals surface area contributed by atoms with Crippen molar-refractivity contribution < 1.29 is 27.6 Å². The number of benzene rings is 1. The fourth-order valence-corrected chi connectivity index (χ4v) is 4.45. The van der Waals surface area contributed by atoms with Gasteiger partial charge in [-0.3, -0.25) is 4.90 Å². The molecule has 156 valence electrons. The molecule has 9 heteroatoms. The molecule has 0 saturated carbocycles. The first-order valence-corrected chi connectivity index (χ1v) is 11.5. The number of ether oxygens (including phenoxy) is 1. The maximum atomic E-state index is 11.5. The van der Waals surface area contributed by atoms with E-state index in [1.807, 2.05) is 56.9 Å². The maximum absolute atomic E-state index is 11.5. The summed E-state index contributed by atoms with van der Waals surface area (Å²) in [6, 6.07) is 7.47. The van der Waals surface area contributed by atoms with E-state index in [9.17, 15) is 13.5 Å². The molecule has 0 radical (unpaired) electrons. The zero-order valence-electron chi connectivity index (χ0n) is 17.1. The molecule has 7 nitrogen and oxygen atoms in total. The number of nitrogens with zero attached hydrogens (tertiary/aromatic N) is 1. The molecule has 2 heterocycles. The van der Waals surface area contributed by atoms with Crippen LogP contribution in [0.15, 0.2) is 24.3 Å². The smallest absolute Gasteiger partial charge is 0.491 e. The minimum Gasteiger partial charge on any atom is -0.491 e. The van der Waals surface area contributed by atoms with Crippen LogP contribution in [-0.2, 0) is 19.1 Å². The molecule has 1 N–H and O–H groups in total. The summed E-state index contributed by atoms with van der Waals surface area (Å²) in [6.07, 6.45) is -0.677. The van der Waals surface area contributed by atoms with Crippen molar-refractivity contribution in [1.82, 2.24) is 4.90 Å². The molecule has 0 amide bonds. The molecule has 1 unspecified atom stereocenters. The molecule has 2 fully saturated rings. The van der Waals surface area contributed by atoms with E-state index in [2.05, 4.69) is 0 Å². The summed E-state index contributed by atoms with van der Waals surface area (Å²) >= 11 is 0. The van der Waals surface area contributed by atoms with E-state index in [4.69, 9.17) is 14.0 Å². The Morgan fingerprint density at radius 3 is 2.18 bits per heavy atom. The van der Waals surface area contributed by atoms with Crippen molar-refractivity contribution in [2.45, 2.75) is 45.0 Å². The van der Waals surface area contributed by atoms with Gasteiger partial charge in [-0.05, 0) is 45.3 Å². The van der Waals surface area contributed by atoms with Crippen LogP contribution in [0.25, 0.3) is 0 Å². The van der Waals surface area contributed by atoms with E-state index in [0.29, 0.717) is 25.4 Å². The molecular formula is C19H30BNO6S. The summed E-state index contributed by atoms with van der Waals surface area (Å²) in [6.45, 7) is 9.55. The summed E-state index contributed by atoms with van der Waals surface area (Å²) in [7, 11) is -3.32. The van der Waals surface area contributed by atoms with E-state index in [1.165, 1.54) is 0 Å². The van der Waals surface area contributed by atoms with Gasteiger partial charge in [0, 0.05) is 19.6 Å². The van der Waals surface area contributed by atoms with E-state index >= 15 is 0 Å². The van der Waals surface area contributed by atoms with Crippen LogP contribution in [0.5, 0.6) is 5.75 Å². The second-order valence-electron chi connectivity index (χ2n) is 8.57. The van der Waals surface area contributed by atoms with Crippen LogP contribution in [0.1, 0.15) is 27.7 Å². The van der Waals surface area contributed by atoms with Gasteiger partial charge in [0.15, 0.2) is 9.84 Å². The number of hydrogen-bond donors (Lipinski definition) is 1. The molecule has 0 aromatic heterocycles. The van der Waals surface area contributed by atoms with Crippen LogP contribution in [0.3, 0.4) is 0 Å². The Balaban J connectivity index is 1.47. The van der Waals surface area contributed by atoms with Crippen LogP contribution in [0.2, 0.25) is 0 Å². The van der Waals surface area contributed by atoms with E-state index < -0.39 is 23.1 Å². The number of rotatable bonds is 6. The van der Waals surface area contributed by atoms with Crippen molar-refractivity contribution in [3.8, 4) is 5.75 Å². The Bertz CT molecular complexity index is 750. The topological polar surface area (TPSA) is 85.3 Å². The van der Waals surface area contributed by atoms with Crippen molar-refractivity contribution in [2.75, 3.05) is 37.7 Å². The Kier molecular flexibility index (Phi) is 6.13. The summed E-state index contributed by atoms with van der Waals surface area (Å²) < 4.78 is 40.7. The largest absolute Gasteiger partial charge is 0.494 e. The van der Waals surface area contributed by atoms with Gasteiger partial charge in [-0.1, -0.05) is 12.1 Å². The number of sulfone groups is 1. The molecule has 2 aliphatic rings. The molecule has 1 atom stereocenters. The molecule has 0 aliphatic carbocycles. The van der Waals surface area contributed by atoms with Gasteiger partial charge in [0.1, 0.15) is 18.5 Å². The third-order valence-electron chi connectivity index (χ3n) is 5.75. The molecule has 2 saturated heterocycles. The zero-order valence-corrected chi connectivity index (χ0v) is 17.9. The maximum Gasteiger partial charge on any atom is 0.494 e. The molecule has 0 bridgehead atoms. The second-order valence-corrected chi connectivity index (χ2v) is 10.9. The quantitative estimate of drug-likeness (QED) is 0.681. The first kappa shape index (κ1) is 21.6. The van der Waals surface area contributed by atoms with E-state index in [1.54, 1.807) is 0 Å². The van der Waals surface area contributed by atoms with Gasteiger partial charge < -0.3 is 19.2 Å². The lowest BCUT2D eigenvalue weighted by Gasteiger charge is -2.32. The summed E-state index contributed by atoms with van der Waals surface area (Å²) in [5, 5.41) is 10.2. The molecular weight excluding hydrogens is 381 g/mol. The highest BCUT2D eigenvalue weighted by Crippen LogP contribution is 2.36. The molecule has 3 rings (SSSR count). The van der Waals surface area contributed by atoms with Crippen molar-refractivity contribution in [3.63, 3.8) is 0 Å². The molecule has 1 aromatic rings. The molecule has 28 heavy (non-hydrogen) atoms. The average molecular weight is 411 g/mol. The third-order valence-corrected chi connectivity index (χ3v) is 7.36. The predicted octanol–water partition coefficient (Wildman–Crippen LogP) is 0.456. The number of aliphatic hydroxyl groups is 1. The van der Waals surface area contributed by atoms with Crippen LogP contribution in [0, 0.1) is 0 Å². The van der Waals surface area contributed by atoms with Gasteiger partial charge in [-0.15, -0.1) is 0 Å². The van der Waals surface area contributed by atoms with Crippen LogP contribution >= 0.6 is 0 Å². The Labute approximate surface area is 168 Å². The van der Waals surface area contributed by atoms with Gasteiger partial charge in [-0.25, -0.2) is 8.42 Å². The van der Waals surface area contributed by atoms with Gasteiger partial charge >= 0.3 is 7.12 Å². The van der Waals surface area contributed by atoms with Crippen molar-refractivity contribution in [3.05, 3.63) is 24.3 Å². The predicted molar refractivity (Wildman–Crippen MR) is 109 cm³/mol. The summed E-state index contributed by atoms with van der Waals surface area (Å²) in [5.74, 6) is 0.961. The summed E-state index contributed by atoms with van der Waals surface area (Å²) in [5.41, 5.74) is 0.149. The standard InChI is InChI=1S/C19H30BNO6S/c1-18(2)19(3,4)27-20(26-18)15-5-7-17(8-6-15)25-14-16(22)13-21-9-11-28(23,24)12-10-21/h5-8,16,22H,9-14H2,1-4H3. The SMILES string of the molecule is CC1(C)OB(c2ccc(OCC(O)CN3CCS(=O)(=O)CC3)cc2)OC1(C)C. The highest BCUT2D eigenvalue weighted by molar-refractivity contribution is 7.91. The van der Waals surface area contributed by atoms with Crippen LogP contribution in [0.4, 0.5) is 0 Å². The lowest BCUT2D eigenvalue weighted by molar-refractivity contribution is 0.00578. The van der Waals surface area contributed by atoms with Crippen LogP contribution in [-0.4, -0.2) is 80.6 Å². The van der Waals surface area contributed by atoms with Crippen molar-refractivity contribution in [1.29, 1.82) is 0 Å². The normalized spacial score (nSPS) is 24.8. The molecule has 0 spiro atoms. The van der Waals surface area contributed by atoms with Gasteiger partial charge in [0.2, 0.25) is 0 Å². The van der Waals surface area contributed by atoms with Crippen molar-refractivity contribution >= 4 is 22.4 Å². The fraction of sp³-hybridized carbons (Fsp3) is 0.684. The van der Waals surface area contributed by atoms with Gasteiger partial charge in [-0.2, -0.15) is 0 Å². The first-order chi connectivity index (χ1) is 13.0. The van der Waals surface area contributed by atoms with Crippen molar-refractivity contribution in [2.24, 2.45) is 0 Å². The second kappa shape index (κ2) is 7.95. The number of aliphatic hydroxyl groups excluding tert-OH is 1. The minimum atomic E-state index is -2.91. The average Bonchev–Trinajstić information content (AvgIpc) is 2.83. The highest BCUT2D eigenvalue weighted by Gasteiger charge is 2.51. The molecule has 2 aliphatic heterocycles. The van der Waals surface area contributed by atoms with Crippen LogP contribution < -0.4 is 10.2 Å². The third kappa shape index (κ3) is 5.07. The monoisotopic (exact) mass is 411 g/mol. The minimum absolute atomic E-state index is 0.152. The summed E-state index contributed by atoms with van der Waals surface area (Å²) in [4.78, 5) is 1.95. The number of hydrogen-bond acceptors (Lipinski definition) is 7. The lowest BCUT2D eigenvalue weighted by atomic mass is 9.79.